The predicted octanol–water partition coefficient (Wildman–Crippen LogP) is 2.28. The van der Waals surface area contributed by atoms with Crippen LogP contribution in [0.15, 0.2) is 36.5 Å². The highest BCUT2D eigenvalue weighted by Gasteiger charge is 2.09. The lowest BCUT2D eigenvalue weighted by Crippen LogP contribution is -2.16. The maximum atomic E-state index is 11.8. The first kappa shape index (κ1) is 11.1. The van der Waals surface area contributed by atoms with Crippen molar-refractivity contribution in [1.29, 1.82) is 0 Å². The van der Waals surface area contributed by atoms with Crippen molar-refractivity contribution in [2.24, 2.45) is 7.05 Å². The molecule has 0 aliphatic rings. The average Bonchev–Trinajstić information content (AvgIpc) is 2.64. The van der Waals surface area contributed by atoms with Crippen LogP contribution in [-0.4, -0.2) is 15.7 Å². The largest absolute Gasteiger partial charge is 0.321 e. The summed E-state index contributed by atoms with van der Waals surface area (Å²) in [4.78, 5) is 11.8. The van der Waals surface area contributed by atoms with E-state index in [9.17, 15) is 4.79 Å². The van der Waals surface area contributed by atoms with Gasteiger partial charge in [0.25, 0.3) is 5.91 Å². The summed E-state index contributed by atoms with van der Waals surface area (Å²) in [6.07, 6.45) is 1.60. The third kappa shape index (κ3) is 2.41. The summed E-state index contributed by atoms with van der Waals surface area (Å²) in [7, 11) is 1.74. The Bertz CT molecular complexity index is 521. The second-order valence-electron chi connectivity index (χ2n) is 3.30. The van der Waals surface area contributed by atoms with Gasteiger partial charge in [0.15, 0.2) is 0 Å². The molecule has 0 unspecified atom stereocenters. The van der Waals surface area contributed by atoms with Crippen molar-refractivity contribution in [1.82, 2.24) is 9.78 Å². The standard InChI is InChI=1S/C11H10IN3O/c1-15-10(5-6-13-15)11(16)14-9-4-2-3-8(12)7-9/h2-7H,1H3,(H,14,16). The first-order valence-electron chi connectivity index (χ1n) is 4.72. The minimum absolute atomic E-state index is 0.151. The third-order valence-corrected chi connectivity index (χ3v) is 2.81. The highest BCUT2D eigenvalue weighted by atomic mass is 127. The van der Waals surface area contributed by atoms with Crippen molar-refractivity contribution >= 4 is 34.2 Å². The van der Waals surface area contributed by atoms with E-state index in [1.54, 1.807) is 24.0 Å². The summed E-state index contributed by atoms with van der Waals surface area (Å²) in [5.74, 6) is -0.151. The number of rotatable bonds is 2. The van der Waals surface area contributed by atoms with Gasteiger partial charge < -0.3 is 5.32 Å². The number of carbonyl (C=O) groups is 1. The van der Waals surface area contributed by atoms with Crippen LogP contribution < -0.4 is 5.32 Å². The van der Waals surface area contributed by atoms with Crippen LogP contribution in [0.25, 0.3) is 0 Å². The van der Waals surface area contributed by atoms with Crippen LogP contribution >= 0.6 is 22.6 Å². The number of hydrogen-bond acceptors (Lipinski definition) is 2. The fourth-order valence-electron chi connectivity index (χ4n) is 1.36. The van der Waals surface area contributed by atoms with E-state index in [1.165, 1.54) is 0 Å². The van der Waals surface area contributed by atoms with Gasteiger partial charge in [0.1, 0.15) is 5.69 Å². The molecule has 1 N–H and O–H groups in total. The van der Waals surface area contributed by atoms with Gasteiger partial charge in [0, 0.05) is 22.5 Å². The van der Waals surface area contributed by atoms with Gasteiger partial charge in [0.2, 0.25) is 0 Å². The monoisotopic (exact) mass is 327 g/mol. The van der Waals surface area contributed by atoms with E-state index < -0.39 is 0 Å². The summed E-state index contributed by atoms with van der Waals surface area (Å²) in [5.41, 5.74) is 1.33. The minimum atomic E-state index is -0.151. The minimum Gasteiger partial charge on any atom is -0.321 e. The van der Waals surface area contributed by atoms with E-state index in [-0.39, 0.29) is 5.91 Å². The summed E-state index contributed by atoms with van der Waals surface area (Å²) < 4.78 is 2.63. The van der Waals surface area contributed by atoms with Crippen LogP contribution in [0.1, 0.15) is 10.5 Å². The van der Waals surface area contributed by atoms with Crippen LogP contribution in [0, 0.1) is 3.57 Å². The number of nitrogens with zero attached hydrogens (tertiary/aromatic N) is 2. The Morgan fingerprint density at radius 2 is 2.25 bits per heavy atom. The highest BCUT2D eigenvalue weighted by Crippen LogP contribution is 2.13. The SMILES string of the molecule is Cn1nccc1C(=O)Nc1cccc(I)c1. The normalized spacial score (nSPS) is 10.1. The highest BCUT2D eigenvalue weighted by molar-refractivity contribution is 14.1. The molecule has 2 aromatic rings. The van der Waals surface area contributed by atoms with E-state index in [4.69, 9.17) is 0 Å². The molecule has 0 spiro atoms. The van der Waals surface area contributed by atoms with Crippen LogP contribution in [0.4, 0.5) is 5.69 Å². The van der Waals surface area contributed by atoms with Crippen LogP contribution in [0.3, 0.4) is 0 Å². The average molecular weight is 327 g/mol. The second-order valence-corrected chi connectivity index (χ2v) is 4.55. The van der Waals surface area contributed by atoms with Crippen molar-refractivity contribution in [3.8, 4) is 0 Å². The van der Waals surface area contributed by atoms with Gasteiger partial charge in [0.05, 0.1) is 0 Å². The van der Waals surface area contributed by atoms with E-state index in [0.29, 0.717) is 5.69 Å². The zero-order valence-electron chi connectivity index (χ0n) is 8.64. The van der Waals surface area contributed by atoms with Crippen molar-refractivity contribution in [3.63, 3.8) is 0 Å². The molecule has 1 heterocycles. The van der Waals surface area contributed by atoms with E-state index >= 15 is 0 Å². The molecule has 0 saturated carbocycles. The number of aryl methyl sites for hydroxylation is 1. The molecule has 1 aromatic heterocycles. The summed E-state index contributed by atoms with van der Waals surface area (Å²) in [6.45, 7) is 0. The summed E-state index contributed by atoms with van der Waals surface area (Å²) in [5, 5.41) is 6.77. The van der Waals surface area contributed by atoms with Gasteiger partial charge in [-0.1, -0.05) is 6.07 Å². The van der Waals surface area contributed by atoms with E-state index in [0.717, 1.165) is 9.26 Å². The molecule has 0 bridgehead atoms. The molecule has 0 aliphatic carbocycles. The molecule has 0 saturated heterocycles. The maximum Gasteiger partial charge on any atom is 0.273 e. The van der Waals surface area contributed by atoms with Crippen molar-refractivity contribution < 1.29 is 4.79 Å². The number of anilines is 1. The fourth-order valence-corrected chi connectivity index (χ4v) is 1.90. The lowest BCUT2D eigenvalue weighted by molar-refractivity contribution is 0.101. The third-order valence-electron chi connectivity index (χ3n) is 2.14. The summed E-state index contributed by atoms with van der Waals surface area (Å²) in [6, 6.07) is 9.33. The van der Waals surface area contributed by atoms with Gasteiger partial charge in [-0.2, -0.15) is 5.10 Å². The molecule has 1 aromatic carbocycles. The molecule has 0 aliphatic heterocycles. The van der Waals surface area contributed by atoms with Gasteiger partial charge in [-0.05, 0) is 46.9 Å². The number of nitrogens with one attached hydrogen (secondary N) is 1. The molecule has 16 heavy (non-hydrogen) atoms. The number of benzene rings is 1. The van der Waals surface area contributed by atoms with Crippen LogP contribution in [0.5, 0.6) is 0 Å². The molecule has 5 heteroatoms. The molecule has 1 amide bonds. The first-order valence-corrected chi connectivity index (χ1v) is 5.79. The van der Waals surface area contributed by atoms with Crippen molar-refractivity contribution in [3.05, 3.63) is 45.8 Å². The lowest BCUT2D eigenvalue weighted by atomic mass is 10.3. The fraction of sp³-hybridized carbons (Fsp3) is 0.0909. The zero-order valence-corrected chi connectivity index (χ0v) is 10.8. The van der Waals surface area contributed by atoms with Crippen molar-refractivity contribution in [2.45, 2.75) is 0 Å². The Hall–Kier alpha value is -1.37. The number of carbonyl (C=O) groups excluding carboxylic acids is 1. The topological polar surface area (TPSA) is 46.9 Å². The molecular formula is C11H10IN3O. The number of amides is 1. The smallest absolute Gasteiger partial charge is 0.273 e. The van der Waals surface area contributed by atoms with Gasteiger partial charge >= 0.3 is 0 Å². The molecule has 82 valence electrons. The predicted molar refractivity (Wildman–Crippen MR) is 70.3 cm³/mol. The quantitative estimate of drug-likeness (QED) is 0.861. The molecule has 0 fully saturated rings. The Morgan fingerprint density at radius 3 is 2.88 bits per heavy atom. The van der Waals surface area contributed by atoms with Gasteiger partial charge in [-0.25, -0.2) is 0 Å². The van der Waals surface area contributed by atoms with Crippen LogP contribution in [-0.2, 0) is 7.05 Å². The number of halogens is 1. The zero-order chi connectivity index (χ0) is 11.5. The number of aromatic nitrogens is 2. The maximum absolute atomic E-state index is 11.8. The van der Waals surface area contributed by atoms with Crippen LogP contribution in [0.2, 0.25) is 0 Å². The van der Waals surface area contributed by atoms with E-state index in [2.05, 4.69) is 33.0 Å². The first-order chi connectivity index (χ1) is 7.66. The lowest BCUT2D eigenvalue weighted by Gasteiger charge is -2.05. The summed E-state index contributed by atoms with van der Waals surface area (Å²) >= 11 is 2.20. The molecule has 0 radical (unpaired) electrons. The van der Waals surface area contributed by atoms with E-state index in [1.807, 2.05) is 24.3 Å². The number of hydrogen-bond donors (Lipinski definition) is 1. The van der Waals surface area contributed by atoms with Crippen molar-refractivity contribution in [2.75, 3.05) is 5.32 Å². The Morgan fingerprint density at radius 1 is 1.44 bits per heavy atom. The van der Waals surface area contributed by atoms with Gasteiger partial charge in [-0.15, -0.1) is 0 Å². The van der Waals surface area contributed by atoms with Gasteiger partial charge in [-0.3, -0.25) is 9.48 Å². The Labute approximate surface area is 107 Å². The second kappa shape index (κ2) is 4.65. The Kier molecular flexibility index (Phi) is 3.23. The molecular weight excluding hydrogens is 317 g/mol. The molecule has 2 rings (SSSR count). The Balaban J connectivity index is 2.17. The molecule has 4 nitrogen and oxygen atoms in total. The molecule has 0 atom stereocenters.